The second-order valence-corrected chi connectivity index (χ2v) is 3.67. The molecule has 1 rings (SSSR count). The molecule has 0 fully saturated rings. The maximum Gasteiger partial charge on any atom is 0.300 e. The van der Waals surface area contributed by atoms with Crippen LogP contribution in [0.2, 0.25) is 0 Å². The van der Waals surface area contributed by atoms with Crippen LogP contribution in [0.15, 0.2) is 29.2 Å². The molecule has 1 aromatic rings. The lowest BCUT2D eigenvalue weighted by Gasteiger charge is -2.03. The van der Waals surface area contributed by atoms with Gasteiger partial charge in [0.2, 0.25) is 0 Å². The quantitative estimate of drug-likeness (QED) is 0.359. The van der Waals surface area contributed by atoms with Gasteiger partial charge in [0.15, 0.2) is 5.96 Å². The number of benzene rings is 1. The van der Waals surface area contributed by atoms with Crippen molar-refractivity contribution in [2.45, 2.75) is 11.8 Å². The van der Waals surface area contributed by atoms with Crippen LogP contribution in [0.5, 0.6) is 0 Å². The van der Waals surface area contributed by atoms with Crippen LogP contribution in [0.4, 0.5) is 5.69 Å². The van der Waals surface area contributed by atoms with Crippen molar-refractivity contribution in [2.75, 3.05) is 11.6 Å². The lowest BCUT2D eigenvalue weighted by atomic mass is 10.3. The zero-order chi connectivity index (χ0) is 12.6. The van der Waals surface area contributed by atoms with E-state index >= 15 is 0 Å². The second-order valence-electron chi connectivity index (χ2n) is 2.79. The van der Waals surface area contributed by atoms with E-state index in [0.717, 1.165) is 12.6 Å². The molecule has 0 aliphatic heterocycles. The molecule has 0 aromatic heterocycles. The molecule has 6 heteroatoms. The number of guanidine groups is 1. The summed E-state index contributed by atoms with van der Waals surface area (Å²) in [6.45, 7) is 1.08. The van der Waals surface area contributed by atoms with Gasteiger partial charge in [0.25, 0.3) is 5.97 Å². The van der Waals surface area contributed by atoms with Crippen LogP contribution in [-0.2, 0) is 4.79 Å². The molecule has 16 heavy (non-hydrogen) atoms. The molecule has 0 unspecified atom stereocenters. The summed E-state index contributed by atoms with van der Waals surface area (Å²) in [4.78, 5) is 10.2. The average molecular weight is 241 g/mol. The number of carboxylic acids is 1. The molecular weight excluding hydrogens is 226 g/mol. The van der Waals surface area contributed by atoms with Crippen molar-refractivity contribution in [3.05, 3.63) is 24.3 Å². The Morgan fingerprint density at radius 1 is 1.44 bits per heavy atom. The molecule has 0 bridgehead atoms. The van der Waals surface area contributed by atoms with Gasteiger partial charge in [-0.25, -0.2) is 0 Å². The lowest BCUT2D eigenvalue weighted by Crippen LogP contribution is -2.20. The van der Waals surface area contributed by atoms with E-state index < -0.39 is 5.97 Å². The van der Waals surface area contributed by atoms with Crippen molar-refractivity contribution >= 4 is 29.4 Å². The van der Waals surface area contributed by atoms with Gasteiger partial charge in [-0.15, -0.1) is 11.8 Å². The van der Waals surface area contributed by atoms with E-state index in [-0.39, 0.29) is 5.96 Å². The molecular formula is C10H15N3O2S. The van der Waals surface area contributed by atoms with E-state index in [2.05, 4.69) is 5.32 Å². The van der Waals surface area contributed by atoms with Crippen molar-refractivity contribution < 1.29 is 9.90 Å². The summed E-state index contributed by atoms with van der Waals surface area (Å²) in [5, 5.41) is 17.1. The van der Waals surface area contributed by atoms with Gasteiger partial charge in [0.1, 0.15) is 0 Å². The van der Waals surface area contributed by atoms with E-state index in [4.69, 9.17) is 21.0 Å². The van der Waals surface area contributed by atoms with E-state index in [1.54, 1.807) is 11.8 Å². The molecule has 5 N–H and O–H groups in total. The Morgan fingerprint density at radius 2 is 1.88 bits per heavy atom. The van der Waals surface area contributed by atoms with E-state index in [9.17, 15) is 0 Å². The fourth-order valence-electron chi connectivity index (χ4n) is 0.830. The van der Waals surface area contributed by atoms with Gasteiger partial charge < -0.3 is 16.2 Å². The Balaban J connectivity index is 0.000000487. The van der Waals surface area contributed by atoms with Gasteiger partial charge in [-0.05, 0) is 30.5 Å². The van der Waals surface area contributed by atoms with Crippen molar-refractivity contribution in [1.82, 2.24) is 0 Å². The number of nitrogens with two attached hydrogens (primary N) is 1. The zero-order valence-electron chi connectivity index (χ0n) is 9.15. The molecule has 0 atom stereocenters. The number of carbonyl (C=O) groups is 1. The van der Waals surface area contributed by atoms with Crippen molar-refractivity contribution in [1.29, 1.82) is 5.41 Å². The summed E-state index contributed by atoms with van der Waals surface area (Å²) in [5.74, 6) is -0.869. The van der Waals surface area contributed by atoms with Gasteiger partial charge >= 0.3 is 0 Å². The van der Waals surface area contributed by atoms with Crippen LogP contribution in [0.3, 0.4) is 0 Å². The van der Waals surface area contributed by atoms with E-state index in [1.807, 2.05) is 30.5 Å². The average Bonchev–Trinajstić information content (AvgIpc) is 2.17. The van der Waals surface area contributed by atoms with Crippen LogP contribution in [-0.4, -0.2) is 23.3 Å². The topological polar surface area (TPSA) is 99.2 Å². The highest BCUT2D eigenvalue weighted by Gasteiger charge is 1.92. The predicted molar refractivity (Wildman–Crippen MR) is 67.1 cm³/mol. The number of hydrogen-bond donors (Lipinski definition) is 4. The minimum atomic E-state index is -0.833. The van der Waals surface area contributed by atoms with Crippen LogP contribution in [0.25, 0.3) is 0 Å². The molecule has 88 valence electrons. The minimum absolute atomic E-state index is 0.0353. The summed E-state index contributed by atoms with van der Waals surface area (Å²) < 4.78 is 0. The molecule has 0 aliphatic carbocycles. The SMILES string of the molecule is CC(=O)O.CSc1ccc(NC(=N)N)cc1. The Labute approximate surface area is 98.6 Å². The molecule has 0 heterocycles. The highest BCUT2D eigenvalue weighted by atomic mass is 32.2. The largest absolute Gasteiger partial charge is 0.481 e. The Hall–Kier alpha value is -1.69. The van der Waals surface area contributed by atoms with Crippen LogP contribution < -0.4 is 11.1 Å². The number of rotatable bonds is 2. The highest BCUT2D eigenvalue weighted by Crippen LogP contribution is 2.16. The van der Waals surface area contributed by atoms with Crippen molar-refractivity contribution in [3.63, 3.8) is 0 Å². The van der Waals surface area contributed by atoms with Gasteiger partial charge in [0.05, 0.1) is 0 Å². The minimum Gasteiger partial charge on any atom is -0.481 e. The second kappa shape index (κ2) is 7.58. The van der Waals surface area contributed by atoms with Crippen molar-refractivity contribution in [3.8, 4) is 0 Å². The predicted octanol–water partition coefficient (Wildman–Crippen LogP) is 1.80. The molecule has 5 nitrogen and oxygen atoms in total. The first-order valence-corrected chi connectivity index (χ1v) is 5.62. The standard InChI is InChI=1S/C8H11N3S.C2H4O2/c1-12-7-4-2-6(3-5-7)11-8(9)10;1-2(3)4/h2-5H,1H3,(H4,9,10,11);1H3,(H,3,4). The maximum absolute atomic E-state index is 9.00. The number of hydrogen-bond acceptors (Lipinski definition) is 3. The van der Waals surface area contributed by atoms with Gasteiger partial charge in [-0.2, -0.15) is 0 Å². The van der Waals surface area contributed by atoms with Crippen LogP contribution >= 0.6 is 11.8 Å². The number of nitrogens with one attached hydrogen (secondary N) is 2. The molecule has 1 aromatic carbocycles. The Morgan fingerprint density at radius 3 is 2.19 bits per heavy atom. The highest BCUT2D eigenvalue weighted by molar-refractivity contribution is 7.98. The summed E-state index contributed by atoms with van der Waals surface area (Å²) in [7, 11) is 0. The summed E-state index contributed by atoms with van der Waals surface area (Å²) >= 11 is 1.68. The first kappa shape index (κ1) is 14.3. The number of aliphatic carboxylic acids is 1. The monoisotopic (exact) mass is 241 g/mol. The first-order chi connectivity index (χ1) is 7.45. The van der Waals surface area contributed by atoms with Crippen LogP contribution in [0, 0.1) is 5.41 Å². The van der Waals surface area contributed by atoms with E-state index in [0.29, 0.717) is 0 Å². The number of anilines is 1. The van der Waals surface area contributed by atoms with Gasteiger partial charge in [-0.3, -0.25) is 10.2 Å². The summed E-state index contributed by atoms with van der Waals surface area (Å²) in [6.07, 6.45) is 2.02. The molecule has 0 spiro atoms. The number of thioether (sulfide) groups is 1. The third kappa shape index (κ3) is 7.69. The van der Waals surface area contributed by atoms with Crippen molar-refractivity contribution in [2.24, 2.45) is 5.73 Å². The molecule has 0 aliphatic rings. The third-order valence-electron chi connectivity index (χ3n) is 1.37. The van der Waals surface area contributed by atoms with Gasteiger partial charge in [-0.1, -0.05) is 0 Å². The smallest absolute Gasteiger partial charge is 0.300 e. The number of carboxylic acid groups (broad SMARTS) is 1. The molecule has 0 saturated heterocycles. The Bertz CT molecular complexity index is 348. The lowest BCUT2D eigenvalue weighted by molar-refractivity contribution is -0.134. The molecule has 0 radical (unpaired) electrons. The fourth-order valence-corrected chi connectivity index (χ4v) is 1.24. The third-order valence-corrected chi connectivity index (χ3v) is 2.11. The Kier molecular flexibility index (Phi) is 6.78. The molecule has 0 amide bonds. The first-order valence-electron chi connectivity index (χ1n) is 4.40. The van der Waals surface area contributed by atoms with Gasteiger partial charge in [0, 0.05) is 17.5 Å². The zero-order valence-corrected chi connectivity index (χ0v) is 9.97. The molecule has 0 saturated carbocycles. The van der Waals surface area contributed by atoms with Crippen LogP contribution in [0.1, 0.15) is 6.92 Å². The maximum atomic E-state index is 9.00. The van der Waals surface area contributed by atoms with E-state index in [1.165, 1.54) is 4.90 Å². The summed E-state index contributed by atoms with van der Waals surface area (Å²) in [6, 6.07) is 7.76. The normalized spacial score (nSPS) is 8.62. The fraction of sp³-hybridized carbons (Fsp3) is 0.200. The summed E-state index contributed by atoms with van der Waals surface area (Å²) in [5.41, 5.74) is 6.01.